The first-order valence-electron chi connectivity index (χ1n) is 8.87. The smallest absolute Gasteiger partial charge is 0.414 e. The Morgan fingerprint density at radius 1 is 1.36 bits per heavy atom. The lowest BCUT2D eigenvalue weighted by Crippen LogP contribution is -2.43. The van der Waals surface area contributed by atoms with Crippen LogP contribution in [0, 0.1) is 0 Å². The Balaban J connectivity index is 2.60. The average Bonchev–Trinajstić information content (AvgIpc) is 2.51. The van der Waals surface area contributed by atoms with Gasteiger partial charge in [-0.25, -0.2) is 4.79 Å². The molecule has 1 amide bonds. The molecule has 0 saturated carbocycles. The Bertz CT molecular complexity index is 700. The highest BCUT2D eigenvalue weighted by Crippen LogP contribution is 2.42. The predicted octanol–water partition coefficient (Wildman–Crippen LogP) is 4.87. The lowest BCUT2D eigenvalue weighted by molar-refractivity contribution is 0.0574. The van der Waals surface area contributed by atoms with Gasteiger partial charge in [0.25, 0.3) is 0 Å². The molecule has 1 aromatic rings. The third-order valence-corrected chi connectivity index (χ3v) is 4.74. The minimum absolute atomic E-state index is 0.0272. The van der Waals surface area contributed by atoms with E-state index >= 15 is 0 Å². The molecule has 25 heavy (non-hydrogen) atoms. The fourth-order valence-electron chi connectivity index (χ4n) is 3.23. The van der Waals surface area contributed by atoms with Crippen LogP contribution in [0.4, 0.5) is 10.5 Å². The van der Waals surface area contributed by atoms with Gasteiger partial charge in [-0.15, -0.1) is 0 Å². The molecule has 0 saturated heterocycles. The molecular formula is C20H30N2O3. The maximum Gasteiger partial charge on any atom is 0.414 e. The second-order valence-electron chi connectivity index (χ2n) is 8.33. The number of ether oxygens (including phenoxy) is 1. The van der Waals surface area contributed by atoms with Crippen LogP contribution < -0.4 is 4.90 Å². The Morgan fingerprint density at radius 2 is 2.00 bits per heavy atom. The molecular weight excluding hydrogens is 316 g/mol. The summed E-state index contributed by atoms with van der Waals surface area (Å²) in [5.74, 6) is 0. The van der Waals surface area contributed by atoms with Crippen LogP contribution in [0.25, 0.3) is 0 Å². The van der Waals surface area contributed by atoms with Gasteiger partial charge in [-0.05, 0) is 63.1 Å². The zero-order chi connectivity index (χ0) is 19.0. The van der Waals surface area contributed by atoms with Crippen molar-refractivity contribution in [1.29, 1.82) is 0 Å². The normalized spacial score (nSPS) is 17.2. The molecule has 0 radical (unpaired) electrons. The van der Waals surface area contributed by atoms with Crippen molar-refractivity contribution < 1.29 is 14.7 Å². The first-order chi connectivity index (χ1) is 11.5. The van der Waals surface area contributed by atoms with Crippen LogP contribution in [0.1, 0.15) is 71.6 Å². The fourth-order valence-corrected chi connectivity index (χ4v) is 3.23. The molecule has 1 heterocycles. The molecule has 0 aromatic heterocycles. The molecule has 2 rings (SSSR count). The van der Waals surface area contributed by atoms with E-state index < -0.39 is 5.60 Å². The van der Waals surface area contributed by atoms with Crippen molar-refractivity contribution >= 4 is 17.5 Å². The number of anilines is 1. The largest absolute Gasteiger partial charge is 0.443 e. The summed E-state index contributed by atoms with van der Waals surface area (Å²) < 4.78 is 5.59. The van der Waals surface area contributed by atoms with Crippen molar-refractivity contribution in [2.45, 2.75) is 72.3 Å². The summed E-state index contributed by atoms with van der Waals surface area (Å²) in [4.78, 5) is 14.4. The van der Waals surface area contributed by atoms with Crippen LogP contribution >= 0.6 is 0 Å². The molecule has 0 atom stereocenters. The van der Waals surface area contributed by atoms with E-state index in [1.54, 1.807) is 11.8 Å². The molecule has 0 fully saturated rings. The Labute approximate surface area is 150 Å². The van der Waals surface area contributed by atoms with Gasteiger partial charge in [0.15, 0.2) is 0 Å². The third kappa shape index (κ3) is 3.97. The fraction of sp³-hybridized carbons (Fsp3) is 0.600. The average molecular weight is 346 g/mol. The molecule has 1 N–H and O–H groups in total. The second kappa shape index (κ2) is 6.70. The minimum Gasteiger partial charge on any atom is -0.443 e. The summed E-state index contributed by atoms with van der Waals surface area (Å²) in [6, 6.07) is 4.12. The van der Waals surface area contributed by atoms with Gasteiger partial charge in [0.1, 0.15) is 5.60 Å². The zero-order valence-electron chi connectivity index (χ0n) is 16.4. The van der Waals surface area contributed by atoms with Crippen LogP contribution in [0.5, 0.6) is 0 Å². The number of hydrogen-bond donors (Lipinski definition) is 1. The number of rotatable bonds is 2. The predicted molar refractivity (Wildman–Crippen MR) is 101 cm³/mol. The van der Waals surface area contributed by atoms with Gasteiger partial charge in [0, 0.05) is 12.1 Å². The molecule has 5 heteroatoms. The third-order valence-electron chi connectivity index (χ3n) is 4.74. The van der Waals surface area contributed by atoms with Gasteiger partial charge >= 0.3 is 6.09 Å². The van der Waals surface area contributed by atoms with Gasteiger partial charge in [-0.3, -0.25) is 4.90 Å². The molecule has 138 valence electrons. The summed E-state index contributed by atoms with van der Waals surface area (Å²) in [7, 11) is 0. The molecule has 1 aromatic carbocycles. The first kappa shape index (κ1) is 19.3. The summed E-state index contributed by atoms with van der Waals surface area (Å²) >= 11 is 0. The van der Waals surface area contributed by atoms with Crippen LogP contribution in [0.3, 0.4) is 0 Å². The lowest BCUT2D eigenvalue weighted by atomic mass is 9.76. The molecule has 0 spiro atoms. The number of amides is 1. The van der Waals surface area contributed by atoms with Crippen LogP contribution in [-0.4, -0.2) is 29.2 Å². The number of fused-ring (bicyclic) bond motifs is 1. The van der Waals surface area contributed by atoms with Gasteiger partial charge < -0.3 is 9.94 Å². The van der Waals surface area contributed by atoms with E-state index in [-0.39, 0.29) is 11.5 Å². The van der Waals surface area contributed by atoms with Gasteiger partial charge in [-0.1, -0.05) is 32.0 Å². The maximum absolute atomic E-state index is 12.7. The van der Waals surface area contributed by atoms with E-state index in [1.165, 1.54) is 0 Å². The van der Waals surface area contributed by atoms with E-state index in [2.05, 4.69) is 32.0 Å². The first-order valence-corrected chi connectivity index (χ1v) is 8.87. The minimum atomic E-state index is -0.543. The quantitative estimate of drug-likeness (QED) is 0.472. The number of nitrogens with zero attached hydrogens (tertiary/aromatic N) is 2. The SMILES string of the molecule is CCc1cc2c(cc1C(C)=NO)N(C(=O)OC(C)(C)C)CCC2(C)C. The number of benzene rings is 1. The second-order valence-corrected chi connectivity index (χ2v) is 8.33. The van der Waals surface area contributed by atoms with Crippen LogP contribution in [0.15, 0.2) is 17.3 Å². The van der Waals surface area contributed by atoms with E-state index in [9.17, 15) is 10.0 Å². The standard InChI is InChI=1S/C20H30N2O3/c1-8-14-11-16-17(12-15(14)13(2)21-24)22(10-9-20(16,6)7)18(23)25-19(3,4)5/h11-12,24H,8-10H2,1-7H3. The zero-order valence-corrected chi connectivity index (χ0v) is 16.4. The number of hydrogen-bond acceptors (Lipinski definition) is 4. The highest BCUT2D eigenvalue weighted by atomic mass is 16.6. The number of oxime groups is 1. The van der Waals surface area contributed by atoms with Crippen molar-refractivity contribution in [2.75, 3.05) is 11.4 Å². The molecule has 1 aliphatic heterocycles. The van der Waals surface area contributed by atoms with Crippen LogP contribution in [0.2, 0.25) is 0 Å². The summed E-state index contributed by atoms with van der Waals surface area (Å²) in [6.07, 6.45) is 1.37. The summed E-state index contributed by atoms with van der Waals surface area (Å²) in [5.41, 5.74) is 3.95. The Kier molecular flexibility index (Phi) is 5.17. The molecule has 1 aliphatic rings. The molecule has 0 bridgehead atoms. The summed E-state index contributed by atoms with van der Waals surface area (Å²) in [5, 5.41) is 12.6. The highest BCUT2D eigenvalue weighted by molar-refractivity contribution is 6.02. The van der Waals surface area contributed by atoms with E-state index in [1.807, 2.05) is 26.8 Å². The van der Waals surface area contributed by atoms with Gasteiger partial charge in [0.05, 0.1) is 11.4 Å². The molecule has 5 nitrogen and oxygen atoms in total. The lowest BCUT2D eigenvalue weighted by Gasteiger charge is -2.40. The van der Waals surface area contributed by atoms with Crippen molar-refractivity contribution in [1.82, 2.24) is 0 Å². The van der Waals surface area contributed by atoms with Gasteiger partial charge in [-0.2, -0.15) is 0 Å². The van der Waals surface area contributed by atoms with E-state index in [0.29, 0.717) is 12.3 Å². The molecule has 0 unspecified atom stereocenters. The van der Waals surface area contributed by atoms with E-state index in [0.717, 1.165) is 35.2 Å². The number of aryl methyl sites for hydroxylation is 1. The monoisotopic (exact) mass is 346 g/mol. The Morgan fingerprint density at radius 3 is 2.52 bits per heavy atom. The number of carbonyl (C=O) groups is 1. The summed E-state index contributed by atoms with van der Waals surface area (Å²) in [6.45, 7) is 14.5. The topological polar surface area (TPSA) is 62.1 Å². The highest BCUT2D eigenvalue weighted by Gasteiger charge is 2.36. The van der Waals surface area contributed by atoms with Crippen molar-refractivity contribution in [2.24, 2.45) is 5.16 Å². The van der Waals surface area contributed by atoms with Crippen molar-refractivity contribution in [3.8, 4) is 0 Å². The molecule has 0 aliphatic carbocycles. The van der Waals surface area contributed by atoms with E-state index in [4.69, 9.17) is 4.74 Å². The Hall–Kier alpha value is -2.04. The van der Waals surface area contributed by atoms with Gasteiger partial charge in [0.2, 0.25) is 0 Å². The van der Waals surface area contributed by atoms with Crippen molar-refractivity contribution in [3.63, 3.8) is 0 Å². The number of carbonyl (C=O) groups excluding carboxylic acids is 1. The van der Waals surface area contributed by atoms with Crippen molar-refractivity contribution in [3.05, 3.63) is 28.8 Å². The van der Waals surface area contributed by atoms with Crippen LogP contribution in [-0.2, 0) is 16.6 Å². The maximum atomic E-state index is 12.7.